The van der Waals surface area contributed by atoms with Gasteiger partial charge in [-0.05, 0) is 13.8 Å². The van der Waals surface area contributed by atoms with E-state index in [-0.39, 0.29) is 5.41 Å². The first-order valence-corrected chi connectivity index (χ1v) is 7.14. The zero-order chi connectivity index (χ0) is 14.5. The van der Waals surface area contributed by atoms with Crippen LogP contribution in [-0.2, 0) is 10.2 Å². The molecule has 5 heteroatoms. The number of rotatable bonds is 6. The Morgan fingerprint density at radius 2 is 1.95 bits per heavy atom. The average molecular weight is 286 g/mol. The lowest BCUT2D eigenvalue weighted by molar-refractivity contribution is 0.154. The number of hydrogen-bond donors (Lipinski definition) is 0. The first-order valence-electron chi connectivity index (χ1n) is 6.76. The van der Waals surface area contributed by atoms with Crippen molar-refractivity contribution in [3.05, 3.63) is 17.0 Å². The van der Waals surface area contributed by atoms with E-state index in [2.05, 4.69) is 42.6 Å². The van der Waals surface area contributed by atoms with E-state index in [1.807, 2.05) is 13.0 Å². The van der Waals surface area contributed by atoms with E-state index in [0.29, 0.717) is 11.8 Å². The van der Waals surface area contributed by atoms with Crippen LogP contribution >= 0.6 is 11.6 Å². The zero-order valence-electron chi connectivity index (χ0n) is 12.5. The minimum atomic E-state index is -0.112. The second kappa shape index (κ2) is 7.06. The normalized spacial score (nSPS) is 11.7. The van der Waals surface area contributed by atoms with Gasteiger partial charge in [0, 0.05) is 31.2 Å². The molecule has 1 aromatic rings. The van der Waals surface area contributed by atoms with E-state index in [0.717, 1.165) is 31.3 Å². The summed E-state index contributed by atoms with van der Waals surface area (Å²) in [5, 5.41) is 0.491. The Balaban J connectivity index is 2.94. The maximum absolute atomic E-state index is 6.11. The summed E-state index contributed by atoms with van der Waals surface area (Å²) in [6.45, 7) is 13.4. The number of hydrogen-bond acceptors (Lipinski definition) is 4. The summed E-state index contributed by atoms with van der Waals surface area (Å²) in [5.41, 5.74) is -0.112. The van der Waals surface area contributed by atoms with Crippen molar-refractivity contribution in [3.8, 4) is 0 Å². The van der Waals surface area contributed by atoms with Crippen LogP contribution in [0.15, 0.2) is 6.07 Å². The van der Waals surface area contributed by atoms with Gasteiger partial charge >= 0.3 is 0 Å². The van der Waals surface area contributed by atoms with Crippen molar-refractivity contribution in [3.63, 3.8) is 0 Å². The highest BCUT2D eigenvalue weighted by Crippen LogP contribution is 2.23. The minimum Gasteiger partial charge on any atom is -0.380 e. The standard InChI is InChI=1S/C14H24ClN3O/c1-6-18(8-9-19-7-2)12-10-11(15)16-13(17-12)14(3,4)5/h10H,6-9H2,1-5H3. The lowest BCUT2D eigenvalue weighted by atomic mass is 9.96. The molecule has 0 aromatic carbocycles. The topological polar surface area (TPSA) is 38.2 Å². The van der Waals surface area contributed by atoms with Crippen LogP contribution in [0.3, 0.4) is 0 Å². The minimum absolute atomic E-state index is 0.112. The molecule has 0 unspecified atom stereocenters. The number of halogens is 1. The molecule has 1 aromatic heterocycles. The van der Waals surface area contributed by atoms with Gasteiger partial charge in [-0.15, -0.1) is 0 Å². The molecular formula is C14H24ClN3O. The summed E-state index contributed by atoms with van der Waals surface area (Å²) in [6.07, 6.45) is 0. The second-order valence-corrected chi connectivity index (χ2v) is 5.79. The molecule has 0 aliphatic carbocycles. The van der Waals surface area contributed by atoms with Crippen LogP contribution in [0.25, 0.3) is 0 Å². The summed E-state index contributed by atoms with van der Waals surface area (Å²) in [4.78, 5) is 11.1. The number of ether oxygens (including phenoxy) is 1. The molecule has 0 amide bonds. The van der Waals surface area contributed by atoms with Crippen LogP contribution in [0.5, 0.6) is 0 Å². The van der Waals surface area contributed by atoms with Gasteiger partial charge in [0.1, 0.15) is 16.8 Å². The molecular weight excluding hydrogens is 262 g/mol. The smallest absolute Gasteiger partial charge is 0.137 e. The molecule has 0 fully saturated rings. The number of anilines is 1. The Hall–Kier alpha value is -0.870. The molecule has 0 saturated carbocycles. The third-order valence-corrected chi connectivity index (χ3v) is 2.96. The highest BCUT2D eigenvalue weighted by molar-refractivity contribution is 6.29. The third-order valence-electron chi connectivity index (χ3n) is 2.77. The summed E-state index contributed by atoms with van der Waals surface area (Å²) in [7, 11) is 0. The Morgan fingerprint density at radius 3 is 2.47 bits per heavy atom. The van der Waals surface area contributed by atoms with Gasteiger partial charge in [0.05, 0.1) is 6.61 Å². The first-order chi connectivity index (χ1) is 8.88. The van der Waals surface area contributed by atoms with Crippen LogP contribution in [0.4, 0.5) is 5.82 Å². The fraction of sp³-hybridized carbons (Fsp3) is 0.714. The van der Waals surface area contributed by atoms with Gasteiger partial charge in [0.2, 0.25) is 0 Å². The van der Waals surface area contributed by atoms with Crippen LogP contribution in [-0.4, -0.2) is 36.3 Å². The fourth-order valence-electron chi connectivity index (χ4n) is 1.66. The predicted octanol–water partition coefficient (Wildman–Crippen LogP) is 3.29. The highest BCUT2D eigenvalue weighted by Gasteiger charge is 2.20. The summed E-state index contributed by atoms with van der Waals surface area (Å²) < 4.78 is 5.40. The molecule has 0 spiro atoms. The van der Waals surface area contributed by atoms with Crippen molar-refractivity contribution in [2.45, 2.75) is 40.0 Å². The van der Waals surface area contributed by atoms with Crippen LogP contribution in [0.1, 0.15) is 40.4 Å². The van der Waals surface area contributed by atoms with Gasteiger partial charge < -0.3 is 9.64 Å². The van der Waals surface area contributed by atoms with Gasteiger partial charge in [0.15, 0.2) is 0 Å². The molecule has 1 rings (SSSR count). The first kappa shape index (κ1) is 16.2. The van der Waals surface area contributed by atoms with Crippen molar-refractivity contribution in [2.24, 2.45) is 0 Å². The number of likely N-dealkylation sites (N-methyl/N-ethyl adjacent to an activating group) is 1. The van der Waals surface area contributed by atoms with Gasteiger partial charge in [-0.25, -0.2) is 9.97 Å². The summed E-state index contributed by atoms with van der Waals surface area (Å²) in [5.74, 6) is 1.64. The molecule has 0 N–H and O–H groups in total. The SMILES string of the molecule is CCOCCN(CC)c1cc(Cl)nc(C(C)(C)C)n1. The molecule has 108 valence electrons. The van der Waals surface area contributed by atoms with E-state index in [1.165, 1.54) is 0 Å². The van der Waals surface area contributed by atoms with Crippen LogP contribution < -0.4 is 4.90 Å². The number of nitrogens with zero attached hydrogens (tertiary/aromatic N) is 3. The molecule has 0 aliphatic heterocycles. The van der Waals surface area contributed by atoms with Gasteiger partial charge in [-0.3, -0.25) is 0 Å². The Morgan fingerprint density at radius 1 is 1.26 bits per heavy atom. The third kappa shape index (κ3) is 4.96. The molecule has 19 heavy (non-hydrogen) atoms. The van der Waals surface area contributed by atoms with Gasteiger partial charge in [0.25, 0.3) is 0 Å². The quantitative estimate of drug-likeness (QED) is 0.594. The van der Waals surface area contributed by atoms with Crippen molar-refractivity contribution < 1.29 is 4.74 Å². The van der Waals surface area contributed by atoms with E-state index in [9.17, 15) is 0 Å². The zero-order valence-corrected chi connectivity index (χ0v) is 13.3. The fourth-order valence-corrected chi connectivity index (χ4v) is 1.83. The molecule has 1 heterocycles. The molecule has 0 bridgehead atoms. The van der Waals surface area contributed by atoms with Gasteiger partial charge in [-0.1, -0.05) is 32.4 Å². The molecule has 4 nitrogen and oxygen atoms in total. The summed E-state index contributed by atoms with van der Waals surface area (Å²) in [6, 6.07) is 1.81. The van der Waals surface area contributed by atoms with Crippen LogP contribution in [0.2, 0.25) is 5.15 Å². The largest absolute Gasteiger partial charge is 0.380 e. The summed E-state index contributed by atoms with van der Waals surface area (Å²) >= 11 is 6.11. The number of aromatic nitrogens is 2. The second-order valence-electron chi connectivity index (χ2n) is 5.40. The Bertz CT molecular complexity index is 404. The van der Waals surface area contributed by atoms with Crippen molar-refractivity contribution in [1.29, 1.82) is 0 Å². The molecule has 0 aliphatic rings. The van der Waals surface area contributed by atoms with E-state index >= 15 is 0 Å². The van der Waals surface area contributed by atoms with E-state index < -0.39 is 0 Å². The van der Waals surface area contributed by atoms with Gasteiger partial charge in [-0.2, -0.15) is 0 Å². The maximum atomic E-state index is 6.11. The van der Waals surface area contributed by atoms with E-state index in [4.69, 9.17) is 16.3 Å². The molecule has 0 saturated heterocycles. The Labute approximate surface area is 121 Å². The Kier molecular flexibility index (Phi) is 6.01. The average Bonchev–Trinajstić information content (AvgIpc) is 2.33. The lowest BCUT2D eigenvalue weighted by Gasteiger charge is -2.24. The maximum Gasteiger partial charge on any atom is 0.137 e. The lowest BCUT2D eigenvalue weighted by Crippen LogP contribution is -2.29. The van der Waals surface area contributed by atoms with Crippen LogP contribution in [0, 0.1) is 0 Å². The van der Waals surface area contributed by atoms with E-state index in [1.54, 1.807) is 0 Å². The van der Waals surface area contributed by atoms with Crippen molar-refractivity contribution >= 4 is 17.4 Å². The highest BCUT2D eigenvalue weighted by atomic mass is 35.5. The molecule has 0 radical (unpaired) electrons. The van der Waals surface area contributed by atoms with Crippen molar-refractivity contribution in [2.75, 3.05) is 31.2 Å². The molecule has 0 atom stereocenters. The van der Waals surface area contributed by atoms with Crippen molar-refractivity contribution in [1.82, 2.24) is 9.97 Å². The monoisotopic (exact) mass is 285 g/mol. The predicted molar refractivity (Wildman–Crippen MR) is 80.1 cm³/mol.